The van der Waals surface area contributed by atoms with Crippen molar-refractivity contribution < 1.29 is 23.5 Å². The molecule has 2 amide bonds. The molecule has 0 spiro atoms. The maximum absolute atomic E-state index is 12.7. The van der Waals surface area contributed by atoms with Crippen LogP contribution in [-0.4, -0.2) is 37.2 Å². The highest BCUT2D eigenvalue weighted by molar-refractivity contribution is 5.90. The number of carbonyl (C=O) groups is 2. The third-order valence-corrected chi connectivity index (χ3v) is 3.78. The average molecular weight is 360 g/mol. The van der Waals surface area contributed by atoms with Crippen LogP contribution >= 0.6 is 0 Å². The first-order valence-corrected chi connectivity index (χ1v) is 8.42. The van der Waals surface area contributed by atoms with E-state index in [0.29, 0.717) is 18.1 Å². The van der Waals surface area contributed by atoms with Gasteiger partial charge in [0.1, 0.15) is 11.5 Å². The van der Waals surface area contributed by atoms with Gasteiger partial charge < -0.3 is 24.1 Å². The summed E-state index contributed by atoms with van der Waals surface area (Å²) in [5.74, 6) is 1.01. The van der Waals surface area contributed by atoms with Crippen LogP contribution < -0.4 is 10.1 Å². The van der Waals surface area contributed by atoms with E-state index in [4.69, 9.17) is 13.9 Å². The molecule has 0 unspecified atom stereocenters. The van der Waals surface area contributed by atoms with Gasteiger partial charge in [0, 0.05) is 12.2 Å². The fourth-order valence-corrected chi connectivity index (χ4v) is 2.40. The Morgan fingerprint density at radius 1 is 1.27 bits per heavy atom. The molecular formula is C19H24N2O5. The monoisotopic (exact) mass is 360 g/mol. The highest BCUT2D eigenvalue weighted by atomic mass is 16.5. The van der Waals surface area contributed by atoms with Crippen molar-refractivity contribution >= 4 is 17.7 Å². The molecule has 1 heterocycles. The molecule has 0 fully saturated rings. The molecule has 1 N–H and O–H groups in total. The molecule has 26 heavy (non-hydrogen) atoms. The zero-order valence-electron chi connectivity index (χ0n) is 15.3. The van der Waals surface area contributed by atoms with Gasteiger partial charge in [0.25, 0.3) is 0 Å². The van der Waals surface area contributed by atoms with E-state index in [1.54, 1.807) is 44.6 Å². The lowest BCUT2D eigenvalue weighted by Gasteiger charge is -2.22. The first-order valence-electron chi connectivity index (χ1n) is 8.42. The summed E-state index contributed by atoms with van der Waals surface area (Å²) in [5.41, 5.74) is 1.55. The van der Waals surface area contributed by atoms with Crippen molar-refractivity contribution in [1.29, 1.82) is 0 Å². The van der Waals surface area contributed by atoms with Gasteiger partial charge in [0.2, 0.25) is 0 Å². The average Bonchev–Trinajstić information content (AvgIpc) is 3.13. The van der Waals surface area contributed by atoms with E-state index in [1.807, 2.05) is 13.0 Å². The number of furan rings is 1. The zero-order valence-corrected chi connectivity index (χ0v) is 15.3. The van der Waals surface area contributed by atoms with Crippen LogP contribution in [0.25, 0.3) is 0 Å². The maximum atomic E-state index is 12.7. The summed E-state index contributed by atoms with van der Waals surface area (Å²) >= 11 is 0. The van der Waals surface area contributed by atoms with Gasteiger partial charge in [0.15, 0.2) is 0 Å². The molecule has 7 heteroatoms. The lowest BCUT2D eigenvalue weighted by molar-refractivity contribution is -0.143. The first-order chi connectivity index (χ1) is 12.5. The number of urea groups is 1. The Morgan fingerprint density at radius 2 is 2.08 bits per heavy atom. The summed E-state index contributed by atoms with van der Waals surface area (Å²) in [7, 11) is 1.59. The van der Waals surface area contributed by atoms with E-state index in [-0.39, 0.29) is 31.5 Å². The number of esters is 1. The van der Waals surface area contributed by atoms with Crippen LogP contribution in [0.5, 0.6) is 5.75 Å². The van der Waals surface area contributed by atoms with Gasteiger partial charge in [-0.25, -0.2) is 4.79 Å². The number of anilines is 1. The maximum Gasteiger partial charge on any atom is 0.322 e. The van der Waals surface area contributed by atoms with Crippen molar-refractivity contribution in [3.8, 4) is 5.75 Å². The molecule has 0 aliphatic rings. The largest absolute Gasteiger partial charge is 0.497 e. The van der Waals surface area contributed by atoms with Crippen molar-refractivity contribution in [3.05, 3.63) is 47.9 Å². The molecule has 0 bridgehead atoms. The molecule has 0 aliphatic carbocycles. The lowest BCUT2D eigenvalue weighted by atomic mass is 10.2. The standard InChI is InChI=1S/C19H24N2O5/c1-4-25-18(22)9-10-21(13-16-6-5-11-26-16)19(23)20-17-8-7-15(24-3)12-14(17)2/h5-8,11-12H,4,9-10,13H2,1-3H3,(H,20,23). The SMILES string of the molecule is CCOC(=O)CCN(Cc1ccco1)C(=O)Nc1ccc(OC)cc1C. The van der Waals surface area contributed by atoms with Crippen LogP contribution in [0, 0.1) is 6.92 Å². The van der Waals surface area contributed by atoms with Gasteiger partial charge in [-0.15, -0.1) is 0 Å². The second kappa shape index (κ2) is 9.50. The topological polar surface area (TPSA) is 81.0 Å². The van der Waals surface area contributed by atoms with Gasteiger partial charge in [0.05, 0.1) is 32.9 Å². The smallest absolute Gasteiger partial charge is 0.322 e. The Balaban J connectivity index is 2.07. The minimum absolute atomic E-state index is 0.115. The number of ether oxygens (including phenoxy) is 2. The van der Waals surface area contributed by atoms with Gasteiger partial charge in [-0.1, -0.05) is 0 Å². The Bertz CT molecular complexity index is 728. The summed E-state index contributed by atoms with van der Waals surface area (Å²) in [4.78, 5) is 25.9. The Hall–Kier alpha value is -2.96. The second-order valence-corrected chi connectivity index (χ2v) is 5.67. The lowest BCUT2D eigenvalue weighted by Crippen LogP contribution is -2.36. The molecule has 7 nitrogen and oxygen atoms in total. The van der Waals surface area contributed by atoms with Crippen molar-refractivity contribution in [1.82, 2.24) is 4.90 Å². The number of nitrogens with zero attached hydrogens (tertiary/aromatic N) is 1. The number of nitrogens with one attached hydrogen (secondary N) is 1. The van der Waals surface area contributed by atoms with Crippen LogP contribution in [0.1, 0.15) is 24.7 Å². The number of rotatable bonds is 8. The van der Waals surface area contributed by atoms with Crippen molar-refractivity contribution in [2.75, 3.05) is 25.6 Å². The number of hydrogen-bond acceptors (Lipinski definition) is 5. The number of benzene rings is 1. The van der Waals surface area contributed by atoms with Crippen LogP contribution in [-0.2, 0) is 16.1 Å². The third kappa shape index (κ3) is 5.54. The molecular weight excluding hydrogens is 336 g/mol. The summed E-state index contributed by atoms with van der Waals surface area (Å²) < 4.78 is 15.4. The summed E-state index contributed by atoms with van der Waals surface area (Å²) in [6.45, 7) is 4.42. The molecule has 0 saturated carbocycles. The van der Waals surface area contributed by atoms with E-state index < -0.39 is 0 Å². The van der Waals surface area contributed by atoms with E-state index in [9.17, 15) is 9.59 Å². The van der Waals surface area contributed by atoms with E-state index in [1.165, 1.54) is 4.90 Å². The van der Waals surface area contributed by atoms with Crippen LogP contribution in [0.4, 0.5) is 10.5 Å². The molecule has 0 radical (unpaired) electrons. The van der Waals surface area contributed by atoms with Gasteiger partial charge >= 0.3 is 12.0 Å². The van der Waals surface area contributed by atoms with E-state index >= 15 is 0 Å². The Morgan fingerprint density at radius 3 is 2.69 bits per heavy atom. The minimum Gasteiger partial charge on any atom is -0.497 e. The fourth-order valence-electron chi connectivity index (χ4n) is 2.40. The summed E-state index contributed by atoms with van der Waals surface area (Å²) in [5, 5.41) is 2.87. The minimum atomic E-state index is -0.342. The molecule has 2 rings (SSSR count). The van der Waals surface area contributed by atoms with Crippen LogP contribution in [0.3, 0.4) is 0 Å². The Kier molecular flexibility index (Phi) is 7.08. The third-order valence-electron chi connectivity index (χ3n) is 3.78. The number of hydrogen-bond donors (Lipinski definition) is 1. The molecule has 0 aliphatic heterocycles. The normalized spacial score (nSPS) is 10.3. The van der Waals surface area contributed by atoms with Crippen LogP contribution in [0.2, 0.25) is 0 Å². The van der Waals surface area contributed by atoms with Crippen LogP contribution in [0.15, 0.2) is 41.0 Å². The molecule has 0 atom stereocenters. The highest BCUT2D eigenvalue weighted by Gasteiger charge is 2.18. The van der Waals surface area contributed by atoms with E-state index in [0.717, 1.165) is 11.3 Å². The zero-order chi connectivity index (χ0) is 18.9. The Labute approximate surface area is 152 Å². The number of amides is 2. The van der Waals surface area contributed by atoms with Gasteiger partial charge in [-0.2, -0.15) is 0 Å². The first kappa shape index (κ1) is 19.4. The molecule has 1 aromatic carbocycles. The molecule has 1 aromatic heterocycles. The number of carbonyl (C=O) groups excluding carboxylic acids is 2. The number of methoxy groups -OCH3 is 1. The molecule has 140 valence electrons. The molecule has 2 aromatic rings. The van der Waals surface area contributed by atoms with E-state index in [2.05, 4.69) is 5.32 Å². The summed E-state index contributed by atoms with van der Waals surface area (Å²) in [6.07, 6.45) is 1.66. The fraction of sp³-hybridized carbons (Fsp3) is 0.368. The van der Waals surface area contributed by atoms with Crippen molar-refractivity contribution in [2.45, 2.75) is 26.8 Å². The predicted octanol–water partition coefficient (Wildman–Crippen LogP) is 3.58. The highest BCUT2D eigenvalue weighted by Crippen LogP contribution is 2.21. The summed E-state index contributed by atoms with van der Waals surface area (Å²) in [6, 6.07) is 8.61. The van der Waals surface area contributed by atoms with Gasteiger partial charge in [-0.05, 0) is 49.7 Å². The van der Waals surface area contributed by atoms with Crippen molar-refractivity contribution in [3.63, 3.8) is 0 Å². The second-order valence-electron chi connectivity index (χ2n) is 5.67. The molecule has 0 saturated heterocycles. The van der Waals surface area contributed by atoms with Gasteiger partial charge in [-0.3, -0.25) is 4.79 Å². The van der Waals surface area contributed by atoms with Crippen molar-refractivity contribution in [2.24, 2.45) is 0 Å². The predicted molar refractivity (Wildman–Crippen MR) is 97.1 cm³/mol. The quantitative estimate of drug-likeness (QED) is 0.728. The number of aryl methyl sites for hydroxylation is 1.